The third-order valence-corrected chi connectivity index (χ3v) is 16.2. The van der Waals surface area contributed by atoms with Gasteiger partial charge in [-0.25, -0.2) is 4.85 Å². The van der Waals surface area contributed by atoms with Crippen molar-refractivity contribution in [1.29, 1.82) is 5.26 Å². The number of nitrogens with zero attached hydrogens (tertiary/aromatic N) is 4. The van der Waals surface area contributed by atoms with E-state index in [1.54, 1.807) is 0 Å². The van der Waals surface area contributed by atoms with E-state index in [0.29, 0.717) is 0 Å². The lowest BCUT2D eigenvalue weighted by atomic mass is 9.61. The molecule has 7 aromatic carbocycles. The summed E-state index contributed by atoms with van der Waals surface area (Å²) >= 11 is 0. The maximum Gasteiger partial charge on any atom is 0.187 e. The third-order valence-electron chi connectivity index (χ3n) is 16.2. The van der Waals surface area contributed by atoms with Crippen molar-refractivity contribution in [2.45, 2.75) is 101 Å². The molecule has 0 radical (unpaired) electrons. The van der Waals surface area contributed by atoms with Crippen LogP contribution in [0.3, 0.4) is 0 Å². The maximum absolute atomic E-state index is 10.0. The second kappa shape index (κ2) is 13.1. The van der Waals surface area contributed by atoms with E-state index in [-0.39, 0.29) is 21.9 Å². The van der Waals surface area contributed by atoms with Crippen LogP contribution < -0.4 is 9.80 Å². The van der Waals surface area contributed by atoms with Gasteiger partial charge >= 0.3 is 0 Å². The largest absolute Gasteiger partial charge is 0.335 e. The molecule has 0 spiro atoms. The second-order valence-corrected chi connectivity index (χ2v) is 18.9. The summed E-state index contributed by atoms with van der Waals surface area (Å²) in [4.78, 5) is 9.16. The molecule has 4 aliphatic rings. The molecule has 4 nitrogen and oxygen atoms in total. The van der Waals surface area contributed by atoms with E-state index < -0.39 is 0 Å². The van der Waals surface area contributed by atoms with Crippen molar-refractivity contribution < 1.29 is 0 Å². The van der Waals surface area contributed by atoms with Gasteiger partial charge in [-0.1, -0.05) is 124 Å². The first-order valence-corrected chi connectivity index (χ1v) is 22.0. The Bertz CT molecular complexity index is 2790. The van der Waals surface area contributed by atoms with Gasteiger partial charge in [0.05, 0.1) is 29.3 Å². The van der Waals surface area contributed by atoms with E-state index in [1.807, 2.05) is 12.1 Å². The number of fused-ring (bicyclic) bond motifs is 8. The number of rotatable bonds is 4. The molecule has 0 aromatic heterocycles. The Morgan fingerprint density at radius 3 is 1.47 bits per heavy atom. The van der Waals surface area contributed by atoms with Crippen molar-refractivity contribution in [3.05, 3.63) is 162 Å². The minimum absolute atomic E-state index is 0.0666. The molecule has 4 unspecified atom stereocenters. The van der Waals surface area contributed by atoms with E-state index in [2.05, 4.69) is 170 Å². The first-order valence-electron chi connectivity index (χ1n) is 22.0. The molecule has 0 N–H and O–H groups in total. The van der Waals surface area contributed by atoms with Crippen molar-refractivity contribution in [2.75, 3.05) is 9.80 Å². The Morgan fingerprint density at radius 2 is 0.983 bits per heavy atom. The number of nitriles is 1. The van der Waals surface area contributed by atoms with E-state index in [1.165, 1.54) is 103 Å². The van der Waals surface area contributed by atoms with Crippen LogP contribution in [0.2, 0.25) is 0 Å². The highest BCUT2D eigenvalue weighted by atomic mass is 15.3. The zero-order chi connectivity index (χ0) is 41.0. The predicted molar refractivity (Wildman–Crippen MR) is 249 cm³/mol. The van der Waals surface area contributed by atoms with Gasteiger partial charge in [0.15, 0.2) is 5.69 Å². The summed E-state index contributed by atoms with van der Waals surface area (Å²) < 4.78 is 0. The molecule has 7 aromatic rings. The highest BCUT2D eigenvalue weighted by Crippen LogP contribution is 2.63. The van der Waals surface area contributed by atoms with Crippen molar-refractivity contribution in [3.63, 3.8) is 0 Å². The first kappa shape index (κ1) is 36.7. The molecule has 4 heteroatoms. The molecule has 11 rings (SSSR count). The molecule has 0 saturated heterocycles. The van der Waals surface area contributed by atoms with Crippen molar-refractivity contribution in [1.82, 2.24) is 0 Å². The zero-order valence-corrected chi connectivity index (χ0v) is 35.1. The van der Waals surface area contributed by atoms with E-state index in [9.17, 15) is 5.26 Å². The molecule has 2 aliphatic heterocycles. The van der Waals surface area contributed by atoms with E-state index in [4.69, 9.17) is 6.57 Å². The van der Waals surface area contributed by atoms with Crippen molar-refractivity contribution in [2.24, 2.45) is 0 Å². The average Bonchev–Trinajstić information content (AvgIpc) is 3.62. The van der Waals surface area contributed by atoms with Gasteiger partial charge in [0, 0.05) is 33.6 Å². The summed E-state index contributed by atoms with van der Waals surface area (Å²) in [5.74, 6) is 0. The fourth-order valence-electron chi connectivity index (χ4n) is 12.7. The number of hydrogen-bond acceptors (Lipinski definition) is 3. The molecule has 60 heavy (non-hydrogen) atoms. The quantitative estimate of drug-likeness (QED) is 0.132. The zero-order valence-electron chi connectivity index (χ0n) is 35.1. The van der Waals surface area contributed by atoms with Crippen LogP contribution in [0.4, 0.5) is 28.4 Å². The minimum atomic E-state index is -0.137. The normalized spacial score (nSPS) is 25.3. The Morgan fingerprint density at radius 1 is 0.517 bits per heavy atom. The lowest BCUT2D eigenvalue weighted by Crippen LogP contribution is -2.54. The monoisotopic (exact) mass is 778 g/mol. The van der Waals surface area contributed by atoms with Crippen LogP contribution in [-0.2, 0) is 10.8 Å². The Kier molecular flexibility index (Phi) is 7.99. The summed E-state index contributed by atoms with van der Waals surface area (Å²) in [5.41, 5.74) is 13.4. The standard InChI is InChI=1S/C56H50N4/c1-53-28-12-14-30-55(53,3)59(49-26-20-37(36-57)32-47(49)53)41-22-24-43-45(34-41)51(38-16-8-6-9-17-38)44-25-23-42(35-46(44)52(43)39-18-10-7-11-19-39)60-50-27-21-40(58-5)33-48(50)54(2)29-13-15-31-56(54,60)4/h6-11,16-27,32-35H,12-15,28-31H2,1-4H3. The fraction of sp³-hybridized carbons (Fsp3) is 0.286. The molecule has 2 heterocycles. The van der Waals surface area contributed by atoms with Gasteiger partial charge in [0.25, 0.3) is 0 Å². The molecule has 2 saturated carbocycles. The molecule has 0 bridgehead atoms. The molecular weight excluding hydrogens is 729 g/mol. The molecule has 294 valence electrons. The van der Waals surface area contributed by atoms with Gasteiger partial charge in [-0.05, 0) is 143 Å². The van der Waals surface area contributed by atoms with E-state index >= 15 is 0 Å². The van der Waals surface area contributed by atoms with Crippen LogP contribution in [0.5, 0.6) is 0 Å². The Hall–Kier alpha value is -6.36. The summed E-state index contributed by atoms with van der Waals surface area (Å²) in [6, 6.07) is 51.7. The molecular formula is C56H50N4. The summed E-state index contributed by atoms with van der Waals surface area (Å²) in [6.07, 6.45) is 9.20. The molecule has 2 aliphatic carbocycles. The second-order valence-electron chi connectivity index (χ2n) is 18.9. The SMILES string of the molecule is [C-]#[N+]c1ccc2c(c1)C1(C)CCCCC1(C)N2c1ccc2c(-c3ccccc3)c3cc(N4c5ccc(C#N)cc5C5(C)CCCCC45C)ccc3c(-c3ccccc3)c2c1. The van der Waals surface area contributed by atoms with Gasteiger partial charge in [0.2, 0.25) is 0 Å². The summed E-state index contributed by atoms with van der Waals surface area (Å²) in [7, 11) is 0. The topological polar surface area (TPSA) is 34.6 Å². The van der Waals surface area contributed by atoms with Crippen molar-refractivity contribution in [3.8, 4) is 28.3 Å². The number of benzene rings is 7. The number of hydrogen-bond donors (Lipinski definition) is 0. The van der Waals surface area contributed by atoms with Gasteiger partial charge in [-0.3, -0.25) is 0 Å². The predicted octanol–water partition coefficient (Wildman–Crippen LogP) is 15.2. The highest BCUT2D eigenvalue weighted by molar-refractivity contribution is 6.22. The average molecular weight is 779 g/mol. The van der Waals surface area contributed by atoms with Crippen molar-refractivity contribution >= 4 is 50.0 Å². The highest BCUT2D eigenvalue weighted by Gasteiger charge is 2.59. The summed E-state index contributed by atoms with van der Waals surface area (Å²) in [5, 5.41) is 15.0. The minimum Gasteiger partial charge on any atom is -0.335 e. The van der Waals surface area contributed by atoms with Crippen LogP contribution in [0.25, 0.3) is 48.6 Å². The van der Waals surface area contributed by atoms with Crippen LogP contribution in [-0.4, -0.2) is 11.1 Å². The smallest absolute Gasteiger partial charge is 0.187 e. The lowest BCUT2D eigenvalue weighted by Gasteiger charge is -2.50. The van der Waals surface area contributed by atoms with Gasteiger partial charge in [-0.15, -0.1) is 0 Å². The fourth-order valence-corrected chi connectivity index (χ4v) is 12.7. The van der Waals surface area contributed by atoms with Crippen LogP contribution in [0.15, 0.2) is 133 Å². The van der Waals surface area contributed by atoms with Crippen LogP contribution in [0, 0.1) is 17.9 Å². The Balaban J connectivity index is 1.20. The Labute approximate surface area is 354 Å². The summed E-state index contributed by atoms with van der Waals surface area (Å²) in [6.45, 7) is 17.7. The molecule has 2 fully saturated rings. The molecule has 0 amide bonds. The number of anilines is 4. The van der Waals surface area contributed by atoms with Gasteiger partial charge < -0.3 is 9.80 Å². The van der Waals surface area contributed by atoms with Gasteiger partial charge in [-0.2, -0.15) is 5.26 Å². The third kappa shape index (κ3) is 4.83. The van der Waals surface area contributed by atoms with Crippen LogP contribution in [0.1, 0.15) is 95.8 Å². The molecule has 4 atom stereocenters. The first-order chi connectivity index (χ1) is 29.1. The lowest BCUT2D eigenvalue weighted by molar-refractivity contribution is 0.195. The van der Waals surface area contributed by atoms with E-state index in [0.717, 1.165) is 36.9 Å². The van der Waals surface area contributed by atoms with Gasteiger partial charge in [0.1, 0.15) is 0 Å². The maximum atomic E-state index is 10.0. The van der Waals surface area contributed by atoms with Crippen LogP contribution >= 0.6 is 0 Å².